The zero-order chi connectivity index (χ0) is 15.9. The molecule has 0 bridgehead atoms. The number of thioether (sulfide) groups is 1. The van der Waals surface area contributed by atoms with Crippen molar-refractivity contribution in [3.63, 3.8) is 0 Å². The maximum Gasteiger partial charge on any atom is 0.250 e. The average Bonchev–Trinajstić information content (AvgIpc) is 2.46. The summed E-state index contributed by atoms with van der Waals surface area (Å²) in [6.45, 7) is 3.77. The van der Waals surface area contributed by atoms with E-state index >= 15 is 0 Å². The van der Waals surface area contributed by atoms with Crippen molar-refractivity contribution < 1.29 is 9.90 Å². The van der Waals surface area contributed by atoms with Gasteiger partial charge in [-0.1, -0.05) is 23.9 Å². The molecule has 0 aliphatic carbocycles. The molecule has 0 atom stereocenters. The number of aromatic hydroxyl groups is 1. The van der Waals surface area contributed by atoms with Gasteiger partial charge in [0, 0.05) is 17.0 Å². The van der Waals surface area contributed by atoms with Gasteiger partial charge in [0.1, 0.15) is 5.75 Å². The van der Waals surface area contributed by atoms with Gasteiger partial charge in [-0.2, -0.15) is 5.10 Å². The van der Waals surface area contributed by atoms with E-state index < -0.39 is 0 Å². The number of aryl methyl sites for hydroxylation is 2. The number of amides is 1. The molecule has 0 spiro atoms. The fourth-order valence-electron chi connectivity index (χ4n) is 1.69. The normalized spacial score (nSPS) is 10.8. The van der Waals surface area contributed by atoms with E-state index in [1.165, 1.54) is 18.0 Å². The number of hydrogen-bond acceptors (Lipinski definition) is 6. The van der Waals surface area contributed by atoms with E-state index in [0.29, 0.717) is 10.7 Å². The van der Waals surface area contributed by atoms with Gasteiger partial charge >= 0.3 is 0 Å². The number of rotatable bonds is 5. The van der Waals surface area contributed by atoms with Crippen LogP contribution in [0.4, 0.5) is 0 Å². The first-order valence-electron chi connectivity index (χ1n) is 6.59. The van der Waals surface area contributed by atoms with E-state index in [2.05, 4.69) is 20.5 Å². The first-order valence-corrected chi connectivity index (χ1v) is 7.58. The molecule has 6 nitrogen and oxygen atoms in total. The molecular weight excluding hydrogens is 300 g/mol. The van der Waals surface area contributed by atoms with Crippen LogP contribution in [0.5, 0.6) is 5.75 Å². The van der Waals surface area contributed by atoms with E-state index in [1.807, 2.05) is 19.9 Å². The summed E-state index contributed by atoms with van der Waals surface area (Å²) in [5, 5.41) is 13.9. The van der Waals surface area contributed by atoms with Crippen LogP contribution in [0.25, 0.3) is 0 Å². The molecule has 0 aliphatic rings. The highest BCUT2D eigenvalue weighted by Crippen LogP contribution is 2.14. The Labute approximate surface area is 132 Å². The molecule has 22 heavy (non-hydrogen) atoms. The predicted octanol–water partition coefficient (Wildman–Crippen LogP) is 2.04. The van der Waals surface area contributed by atoms with Gasteiger partial charge in [-0.05, 0) is 32.0 Å². The summed E-state index contributed by atoms with van der Waals surface area (Å²) in [5.74, 6) is 0.0130. The zero-order valence-electron chi connectivity index (χ0n) is 12.3. The molecular formula is C15H16N4O2S. The standard InChI is InChI=1S/C15H16N4O2S/c1-10-7-11(2)18-15(17-10)22-9-14(21)19-16-8-12-5-3-4-6-13(12)20/h3-8,20H,9H2,1-2H3,(H,19,21)/b16-8-. The zero-order valence-corrected chi connectivity index (χ0v) is 13.1. The number of carbonyl (C=O) groups is 1. The van der Waals surface area contributed by atoms with Crippen LogP contribution in [0.15, 0.2) is 40.6 Å². The van der Waals surface area contributed by atoms with E-state index in [9.17, 15) is 9.90 Å². The van der Waals surface area contributed by atoms with E-state index in [-0.39, 0.29) is 17.4 Å². The fourth-order valence-corrected chi connectivity index (χ4v) is 2.43. The Balaban J connectivity index is 1.84. The second-order valence-corrected chi connectivity index (χ2v) is 5.52. The third kappa shape index (κ3) is 4.85. The molecule has 0 radical (unpaired) electrons. The molecule has 0 fully saturated rings. The molecule has 1 heterocycles. The largest absolute Gasteiger partial charge is 0.507 e. The molecule has 1 aromatic carbocycles. The third-order valence-electron chi connectivity index (χ3n) is 2.62. The lowest BCUT2D eigenvalue weighted by Gasteiger charge is -2.02. The SMILES string of the molecule is Cc1cc(C)nc(SCC(=O)N/N=C\c2ccccc2O)n1. The molecule has 2 aromatic rings. The first kappa shape index (κ1) is 16.0. The highest BCUT2D eigenvalue weighted by Gasteiger charge is 2.05. The lowest BCUT2D eigenvalue weighted by Crippen LogP contribution is -2.19. The summed E-state index contributed by atoms with van der Waals surface area (Å²) >= 11 is 1.25. The monoisotopic (exact) mass is 316 g/mol. The van der Waals surface area contributed by atoms with E-state index in [1.54, 1.807) is 24.3 Å². The van der Waals surface area contributed by atoms with Crippen molar-refractivity contribution in [1.82, 2.24) is 15.4 Å². The van der Waals surface area contributed by atoms with Crippen molar-refractivity contribution in [3.8, 4) is 5.75 Å². The molecule has 0 saturated carbocycles. The molecule has 1 amide bonds. The maximum absolute atomic E-state index is 11.7. The van der Waals surface area contributed by atoms with Crippen molar-refractivity contribution in [2.24, 2.45) is 5.10 Å². The number of nitrogens with zero attached hydrogens (tertiary/aromatic N) is 3. The molecule has 2 rings (SSSR count). The summed E-state index contributed by atoms with van der Waals surface area (Å²) in [7, 11) is 0. The van der Waals surface area contributed by atoms with Crippen molar-refractivity contribution >= 4 is 23.9 Å². The summed E-state index contributed by atoms with van der Waals surface area (Å²) in [6, 6.07) is 8.61. The van der Waals surface area contributed by atoms with Gasteiger partial charge in [0.25, 0.3) is 5.91 Å². The van der Waals surface area contributed by atoms with Crippen LogP contribution in [0.2, 0.25) is 0 Å². The van der Waals surface area contributed by atoms with Crippen LogP contribution in [0.3, 0.4) is 0 Å². The number of hydrogen-bond donors (Lipinski definition) is 2. The minimum absolute atomic E-state index is 0.110. The number of phenols is 1. The molecule has 1 aromatic heterocycles. The smallest absolute Gasteiger partial charge is 0.250 e. The number of para-hydroxylation sites is 1. The van der Waals surface area contributed by atoms with Gasteiger partial charge in [-0.15, -0.1) is 0 Å². The third-order valence-corrected chi connectivity index (χ3v) is 3.47. The number of nitrogens with one attached hydrogen (secondary N) is 1. The van der Waals surface area contributed by atoms with Crippen LogP contribution in [-0.4, -0.2) is 32.9 Å². The lowest BCUT2D eigenvalue weighted by atomic mass is 10.2. The number of hydrazone groups is 1. The molecule has 114 valence electrons. The average molecular weight is 316 g/mol. The Morgan fingerprint density at radius 1 is 1.32 bits per heavy atom. The maximum atomic E-state index is 11.7. The summed E-state index contributed by atoms with van der Waals surface area (Å²) in [5.41, 5.74) is 4.67. The lowest BCUT2D eigenvalue weighted by molar-refractivity contribution is -0.118. The number of carbonyl (C=O) groups excluding carboxylic acids is 1. The topological polar surface area (TPSA) is 87.5 Å². The van der Waals surface area contributed by atoms with Crippen molar-refractivity contribution in [3.05, 3.63) is 47.3 Å². The Morgan fingerprint density at radius 2 is 2.00 bits per heavy atom. The van der Waals surface area contributed by atoms with Gasteiger partial charge < -0.3 is 5.11 Å². The van der Waals surface area contributed by atoms with Crippen LogP contribution >= 0.6 is 11.8 Å². The second kappa shape index (κ2) is 7.56. The molecule has 2 N–H and O–H groups in total. The van der Waals surface area contributed by atoms with Crippen LogP contribution < -0.4 is 5.43 Å². The summed E-state index contributed by atoms with van der Waals surface area (Å²) in [6.07, 6.45) is 1.39. The van der Waals surface area contributed by atoms with Gasteiger partial charge in [-0.3, -0.25) is 4.79 Å². The van der Waals surface area contributed by atoms with Gasteiger partial charge in [0.15, 0.2) is 5.16 Å². The van der Waals surface area contributed by atoms with Gasteiger partial charge in [-0.25, -0.2) is 15.4 Å². The predicted molar refractivity (Wildman–Crippen MR) is 86.1 cm³/mol. The Bertz CT molecular complexity index is 683. The number of benzene rings is 1. The van der Waals surface area contributed by atoms with Crippen LogP contribution in [-0.2, 0) is 4.79 Å². The Kier molecular flexibility index (Phi) is 5.48. The fraction of sp³-hybridized carbons (Fsp3) is 0.200. The van der Waals surface area contributed by atoms with Crippen LogP contribution in [0, 0.1) is 13.8 Å². The minimum Gasteiger partial charge on any atom is -0.507 e. The first-order chi connectivity index (χ1) is 10.5. The van der Waals surface area contributed by atoms with Crippen LogP contribution in [0.1, 0.15) is 17.0 Å². The molecule has 0 aliphatic heterocycles. The van der Waals surface area contributed by atoms with Crippen molar-refractivity contribution in [2.75, 3.05) is 5.75 Å². The minimum atomic E-state index is -0.264. The molecule has 7 heteroatoms. The highest BCUT2D eigenvalue weighted by molar-refractivity contribution is 7.99. The van der Waals surface area contributed by atoms with Gasteiger partial charge in [0.2, 0.25) is 0 Å². The van der Waals surface area contributed by atoms with E-state index in [0.717, 1.165) is 11.4 Å². The van der Waals surface area contributed by atoms with Gasteiger partial charge in [0.05, 0.1) is 12.0 Å². The van der Waals surface area contributed by atoms with Crippen molar-refractivity contribution in [1.29, 1.82) is 0 Å². The Hall–Kier alpha value is -2.41. The molecule has 0 saturated heterocycles. The number of aromatic nitrogens is 2. The highest BCUT2D eigenvalue weighted by atomic mass is 32.2. The quantitative estimate of drug-likeness (QED) is 0.381. The second-order valence-electron chi connectivity index (χ2n) is 4.57. The number of phenolic OH excluding ortho intramolecular Hbond substituents is 1. The summed E-state index contributed by atoms with van der Waals surface area (Å²) < 4.78 is 0. The molecule has 0 unspecified atom stereocenters. The van der Waals surface area contributed by atoms with E-state index in [4.69, 9.17) is 0 Å². The Morgan fingerprint density at radius 3 is 2.68 bits per heavy atom. The van der Waals surface area contributed by atoms with Crippen molar-refractivity contribution in [2.45, 2.75) is 19.0 Å². The summed E-state index contributed by atoms with van der Waals surface area (Å²) in [4.78, 5) is 20.2.